The van der Waals surface area contributed by atoms with E-state index in [1.165, 1.54) is 0 Å². The highest BCUT2D eigenvalue weighted by molar-refractivity contribution is 5.96. The fourth-order valence-corrected chi connectivity index (χ4v) is 4.04. The van der Waals surface area contributed by atoms with Gasteiger partial charge in [0, 0.05) is 49.2 Å². The average molecular weight is 419 g/mol. The highest BCUT2D eigenvalue weighted by Crippen LogP contribution is 2.25. The molecule has 6 nitrogen and oxygen atoms in total. The lowest BCUT2D eigenvalue weighted by Gasteiger charge is -2.36. The number of para-hydroxylation sites is 1. The van der Waals surface area contributed by atoms with E-state index in [1.807, 2.05) is 55.1 Å². The van der Waals surface area contributed by atoms with Gasteiger partial charge in [0.25, 0.3) is 5.91 Å². The van der Waals surface area contributed by atoms with Crippen LogP contribution in [0.25, 0.3) is 5.69 Å². The smallest absolute Gasteiger partial charge is 0.256 e. The molecule has 1 saturated heterocycles. The number of benzene rings is 1. The highest BCUT2D eigenvalue weighted by Gasteiger charge is 2.30. The van der Waals surface area contributed by atoms with Gasteiger partial charge in [-0.3, -0.25) is 9.59 Å². The molecule has 7 heteroatoms. The van der Waals surface area contributed by atoms with Gasteiger partial charge in [0.05, 0.1) is 5.56 Å². The van der Waals surface area contributed by atoms with Crippen molar-refractivity contribution < 1.29 is 9.59 Å². The Kier molecular flexibility index (Phi) is 8.29. The Bertz CT molecular complexity index is 835. The first-order valence-electron chi connectivity index (χ1n) is 10.0. The van der Waals surface area contributed by atoms with Crippen LogP contribution in [0.15, 0.2) is 36.4 Å². The molecule has 158 valence electrons. The monoisotopic (exact) mass is 418 g/mol. The van der Waals surface area contributed by atoms with Crippen LogP contribution in [0.4, 0.5) is 0 Å². The van der Waals surface area contributed by atoms with E-state index < -0.39 is 0 Å². The number of halogens is 1. The van der Waals surface area contributed by atoms with Gasteiger partial charge in [-0.25, -0.2) is 0 Å². The summed E-state index contributed by atoms with van der Waals surface area (Å²) in [7, 11) is 0. The molecule has 2 amide bonds. The maximum atomic E-state index is 13.4. The molecule has 1 aliphatic rings. The summed E-state index contributed by atoms with van der Waals surface area (Å²) in [6.45, 7) is 5.57. The second-order valence-corrected chi connectivity index (χ2v) is 7.45. The van der Waals surface area contributed by atoms with Gasteiger partial charge in [-0.05, 0) is 51.3 Å². The number of nitrogens with two attached hydrogens (primary N) is 1. The fourth-order valence-electron chi connectivity index (χ4n) is 4.04. The standard InChI is InChI=1S/C22H30N4O2.ClH/c1-16-14-20(17(2)26(16)18-8-4-3-5-9-18)22(28)25-13-7-6-10-19(25)15-24-21(27)11-12-23;/h3-5,8-9,14,19H,6-7,10-13,15,23H2,1-2H3,(H,24,27);1H. The molecule has 3 N–H and O–H groups in total. The SMILES string of the molecule is Cc1cc(C(=O)N2CCCCC2CNC(=O)CCN)c(C)n1-c1ccccc1.Cl. The van der Waals surface area contributed by atoms with Gasteiger partial charge in [0.15, 0.2) is 0 Å². The van der Waals surface area contributed by atoms with E-state index >= 15 is 0 Å². The number of rotatable bonds is 6. The van der Waals surface area contributed by atoms with Gasteiger partial charge >= 0.3 is 0 Å². The van der Waals surface area contributed by atoms with Gasteiger partial charge in [-0.1, -0.05) is 18.2 Å². The molecule has 2 heterocycles. The third-order valence-electron chi connectivity index (χ3n) is 5.47. The number of hydrogen-bond acceptors (Lipinski definition) is 3. The molecule has 1 unspecified atom stereocenters. The Hall–Kier alpha value is -2.31. The summed E-state index contributed by atoms with van der Waals surface area (Å²) in [4.78, 5) is 27.1. The number of nitrogens with zero attached hydrogens (tertiary/aromatic N) is 2. The zero-order valence-corrected chi connectivity index (χ0v) is 18.0. The van der Waals surface area contributed by atoms with Crippen LogP contribution >= 0.6 is 12.4 Å². The fraction of sp³-hybridized carbons (Fsp3) is 0.455. The number of likely N-dealkylation sites (tertiary alicyclic amines) is 1. The molecule has 1 atom stereocenters. The first-order chi connectivity index (χ1) is 13.5. The number of carbonyl (C=O) groups is 2. The van der Waals surface area contributed by atoms with Crippen LogP contribution < -0.4 is 11.1 Å². The summed E-state index contributed by atoms with van der Waals surface area (Å²) in [5, 5.41) is 2.93. The van der Waals surface area contributed by atoms with Crippen LogP contribution in [0.5, 0.6) is 0 Å². The summed E-state index contributed by atoms with van der Waals surface area (Å²) in [5.74, 6) is -0.00390. The van der Waals surface area contributed by atoms with Gasteiger partial charge < -0.3 is 20.5 Å². The van der Waals surface area contributed by atoms with Crippen molar-refractivity contribution in [3.05, 3.63) is 53.3 Å². The Morgan fingerprint density at radius 1 is 1.17 bits per heavy atom. The molecule has 1 aromatic carbocycles. The highest BCUT2D eigenvalue weighted by atomic mass is 35.5. The number of hydrogen-bond donors (Lipinski definition) is 2. The number of amides is 2. The van der Waals surface area contributed by atoms with Gasteiger partial charge in [-0.2, -0.15) is 0 Å². The normalized spacial score (nSPS) is 16.2. The van der Waals surface area contributed by atoms with Crippen molar-refractivity contribution in [3.63, 3.8) is 0 Å². The lowest BCUT2D eigenvalue weighted by molar-refractivity contribution is -0.121. The van der Waals surface area contributed by atoms with E-state index in [4.69, 9.17) is 5.73 Å². The van der Waals surface area contributed by atoms with Crippen LogP contribution in [0.2, 0.25) is 0 Å². The van der Waals surface area contributed by atoms with Crippen LogP contribution in [0, 0.1) is 13.8 Å². The third-order valence-corrected chi connectivity index (χ3v) is 5.47. The van der Waals surface area contributed by atoms with Crippen molar-refractivity contribution in [2.45, 2.75) is 45.6 Å². The summed E-state index contributed by atoms with van der Waals surface area (Å²) < 4.78 is 2.12. The first-order valence-corrected chi connectivity index (χ1v) is 10.0. The molecule has 0 bridgehead atoms. The zero-order valence-electron chi connectivity index (χ0n) is 17.2. The van der Waals surface area contributed by atoms with Crippen LogP contribution in [-0.2, 0) is 4.79 Å². The minimum Gasteiger partial charge on any atom is -0.354 e. The van der Waals surface area contributed by atoms with E-state index in [9.17, 15) is 9.59 Å². The summed E-state index contributed by atoms with van der Waals surface area (Å²) in [6.07, 6.45) is 3.30. The molecule has 0 radical (unpaired) electrons. The Labute approximate surface area is 178 Å². The van der Waals surface area contributed by atoms with E-state index in [0.717, 1.165) is 48.4 Å². The molecular formula is C22H31ClN4O2. The molecule has 29 heavy (non-hydrogen) atoms. The van der Waals surface area contributed by atoms with Crippen LogP contribution in [0.1, 0.15) is 47.4 Å². The molecule has 1 aromatic heterocycles. The summed E-state index contributed by atoms with van der Waals surface area (Å²) in [6, 6.07) is 12.1. The molecule has 2 aromatic rings. The maximum Gasteiger partial charge on any atom is 0.256 e. The number of aryl methyl sites for hydroxylation is 1. The minimum absolute atomic E-state index is 0. The maximum absolute atomic E-state index is 13.4. The molecule has 0 spiro atoms. The van der Waals surface area contributed by atoms with Crippen molar-refractivity contribution in [2.75, 3.05) is 19.6 Å². The summed E-state index contributed by atoms with van der Waals surface area (Å²) in [5.41, 5.74) is 9.22. The number of nitrogens with one attached hydrogen (secondary N) is 1. The molecular weight excluding hydrogens is 388 g/mol. The first kappa shape index (κ1) is 23.0. The second kappa shape index (κ2) is 10.5. The quantitative estimate of drug-likeness (QED) is 0.756. The topological polar surface area (TPSA) is 80.4 Å². The molecule has 0 saturated carbocycles. The van der Waals surface area contributed by atoms with E-state index in [0.29, 0.717) is 19.5 Å². The van der Waals surface area contributed by atoms with Gasteiger partial charge in [-0.15, -0.1) is 12.4 Å². The van der Waals surface area contributed by atoms with Gasteiger partial charge in [0.2, 0.25) is 5.91 Å². The van der Waals surface area contributed by atoms with Crippen molar-refractivity contribution >= 4 is 24.2 Å². The molecule has 1 aliphatic heterocycles. The summed E-state index contributed by atoms with van der Waals surface area (Å²) >= 11 is 0. The van der Waals surface area contributed by atoms with Crippen molar-refractivity contribution in [3.8, 4) is 5.69 Å². The lowest BCUT2D eigenvalue weighted by atomic mass is 10.0. The van der Waals surface area contributed by atoms with Crippen LogP contribution in [0.3, 0.4) is 0 Å². The predicted octanol–water partition coefficient (Wildman–Crippen LogP) is 2.98. The minimum atomic E-state index is -0.0530. The number of aromatic nitrogens is 1. The van der Waals surface area contributed by atoms with E-state index in [-0.39, 0.29) is 30.3 Å². The Morgan fingerprint density at radius 3 is 2.59 bits per heavy atom. The zero-order chi connectivity index (χ0) is 20.1. The van der Waals surface area contributed by atoms with E-state index in [2.05, 4.69) is 9.88 Å². The number of piperidine rings is 1. The molecule has 0 aliphatic carbocycles. The van der Waals surface area contributed by atoms with Crippen molar-refractivity contribution in [1.29, 1.82) is 0 Å². The van der Waals surface area contributed by atoms with Crippen LogP contribution in [-0.4, -0.2) is 47.0 Å². The molecule has 3 rings (SSSR count). The van der Waals surface area contributed by atoms with Crippen molar-refractivity contribution in [2.24, 2.45) is 5.73 Å². The second-order valence-electron chi connectivity index (χ2n) is 7.45. The third kappa shape index (κ3) is 5.19. The Balaban J connectivity index is 0.00000300. The van der Waals surface area contributed by atoms with Gasteiger partial charge in [0.1, 0.15) is 0 Å². The lowest BCUT2D eigenvalue weighted by Crippen LogP contribution is -2.49. The number of carbonyl (C=O) groups excluding carboxylic acids is 2. The molecule has 1 fully saturated rings. The van der Waals surface area contributed by atoms with E-state index in [1.54, 1.807) is 0 Å². The predicted molar refractivity (Wildman–Crippen MR) is 118 cm³/mol. The van der Waals surface area contributed by atoms with Crippen molar-refractivity contribution in [1.82, 2.24) is 14.8 Å². The average Bonchev–Trinajstić information content (AvgIpc) is 3.01. The Morgan fingerprint density at radius 2 is 1.90 bits per heavy atom. The largest absolute Gasteiger partial charge is 0.354 e.